The summed E-state index contributed by atoms with van der Waals surface area (Å²) in [5.74, 6) is 0.601. The summed E-state index contributed by atoms with van der Waals surface area (Å²) in [6.45, 7) is 1.71. The predicted molar refractivity (Wildman–Crippen MR) is 77.2 cm³/mol. The summed E-state index contributed by atoms with van der Waals surface area (Å²) in [5.41, 5.74) is 2.02. The van der Waals surface area contributed by atoms with Gasteiger partial charge in [-0.3, -0.25) is 4.79 Å². The number of para-hydroxylation sites is 2. The van der Waals surface area contributed by atoms with E-state index in [1.165, 1.54) is 0 Å². The van der Waals surface area contributed by atoms with Crippen LogP contribution >= 0.6 is 0 Å². The fourth-order valence-corrected chi connectivity index (χ4v) is 2.15. The second-order valence-corrected chi connectivity index (χ2v) is 4.81. The summed E-state index contributed by atoms with van der Waals surface area (Å²) < 4.78 is 10.5. The number of hydrogen-bond acceptors (Lipinski definition) is 6. The maximum atomic E-state index is 12.0. The Bertz CT molecular complexity index is 773. The number of aliphatic hydroxyl groups excluding tert-OH is 1. The van der Waals surface area contributed by atoms with Gasteiger partial charge in [0.1, 0.15) is 11.3 Å². The summed E-state index contributed by atoms with van der Waals surface area (Å²) in [6, 6.07) is 7.48. The van der Waals surface area contributed by atoms with E-state index < -0.39 is 5.91 Å². The molecule has 7 heteroatoms. The molecule has 1 aromatic carbocycles. The first kappa shape index (κ1) is 14.3. The topological polar surface area (TPSA) is 101 Å². The number of benzene rings is 1. The van der Waals surface area contributed by atoms with Gasteiger partial charge in [-0.15, -0.1) is 0 Å². The van der Waals surface area contributed by atoms with Crippen LogP contribution in [0, 0.1) is 6.92 Å². The number of nitrogens with zero attached hydrogens (tertiary/aromatic N) is 2. The summed E-state index contributed by atoms with van der Waals surface area (Å²) in [4.78, 5) is 16.3. The zero-order valence-corrected chi connectivity index (χ0v) is 12.0. The molecule has 3 rings (SSSR count). The van der Waals surface area contributed by atoms with Gasteiger partial charge in [0.2, 0.25) is 0 Å². The molecule has 0 aliphatic heterocycles. The molecule has 3 aromatic rings. The number of aryl methyl sites for hydroxylation is 1. The van der Waals surface area contributed by atoms with Gasteiger partial charge in [-0.2, -0.15) is 0 Å². The van der Waals surface area contributed by atoms with Crippen molar-refractivity contribution in [2.75, 3.05) is 6.54 Å². The number of hydrogen-bond donors (Lipinski definition) is 2. The van der Waals surface area contributed by atoms with Crippen LogP contribution in [0.15, 0.2) is 33.2 Å². The monoisotopic (exact) mass is 301 g/mol. The van der Waals surface area contributed by atoms with Crippen LogP contribution in [0.5, 0.6) is 0 Å². The second kappa shape index (κ2) is 5.98. The van der Waals surface area contributed by atoms with E-state index in [0.29, 0.717) is 30.2 Å². The molecular weight excluding hydrogens is 286 g/mol. The number of rotatable bonds is 5. The third-order valence-corrected chi connectivity index (χ3v) is 3.32. The SMILES string of the molecule is Cc1onc(C(=O)NCCc2nc3ccccc3o2)c1CO. The zero-order valence-electron chi connectivity index (χ0n) is 12.0. The van der Waals surface area contributed by atoms with Crippen LogP contribution in [-0.2, 0) is 13.0 Å². The van der Waals surface area contributed by atoms with E-state index in [2.05, 4.69) is 15.5 Å². The van der Waals surface area contributed by atoms with Crippen molar-refractivity contribution in [2.24, 2.45) is 0 Å². The minimum atomic E-state index is -0.392. The zero-order chi connectivity index (χ0) is 15.5. The smallest absolute Gasteiger partial charge is 0.273 e. The van der Waals surface area contributed by atoms with Crippen molar-refractivity contribution < 1.29 is 18.8 Å². The van der Waals surface area contributed by atoms with E-state index in [-0.39, 0.29) is 12.3 Å². The summed E-state index contributed by atoms with van der Waals surface area (Å²) in [7, 11) is 0. The molecule has 0 aliphatic rings. The van der Waals surface area contributed by atoms with Crippen molar-refractivity contribution >= 4 is 17.0 Å². The van der Waals surface area contributed by atoms with Gasteiger partial charge in [0.25, 0.3) is 5.91 Å². The second-order valence-electron chi connectivity index (χ2n) is 4.81. The lowest BCUT2D eigenvalue weighted by Gasteiger charge is -2.01. The van der Waals surface area contributed by atoms with Gasteiger partial charge in [0.15, 0.2) is 17.2 Å². The highest BCUT2D eigenvalue weighted by atomic mass is 16.5. The quantitative estimate of drug-likeness (QED) is 0.742. The van der Waals surface area contributed by atoms with Gasteiger partial charge >= 0.3 is 0 Å². The normalized spacial score (nSPS) is 11.0. The van der Waals surface area contributed by atoms with E-state index in [0.717, 1.165) is 11.1 Å². The minimum Gasteiger partial charge on any atom is -0.441 e. The fraction of sp³-hybridized carbons (Fsp3) is 0.267. The van der Waals surface area contributed by atoms with E-state index in [4.69, 9.17) is 8.94 Å². The third kappa shape index (κ3) is 2.71. The van der Waals surface area contributed by atoms with Crippen molar-refractivity contribution in [3.05, 3.63) is 47.2 Å². The molecule has 0 unspecified atom stereocenters. The van der Waals surface area contributed by atoms with Crippen LogP contribution in [0.1, 0.15) is 27.7 Å². The Hall–Kier alpha value is -2.67. The summed E-state index contributed by atoms with van der Waals surface area (Å²) in [6.07, 6.45) is 0.464. The molecule has 0 saturated heterocycles. The molecular formula is C15H15N3O4. The molecule has 2 heterocycles. The molecule has 2 aromatic heterocycles. The van der Waals surface area contributed by atoms with Crippen LogP contribution in [0.2, 0.25) is 0 Å². The van der Waals surface area contributed by atoms with E-state index in [1.807, 2.05) is 24.3 Å². The van der Waals surface area contributed by atoms with Gasteiger partial charge < -0.3 is 19.4 Å². The molecule has 1 amide bonds. The van der Waals surface area contributed by atoms with Gasteiger partial charge in [-0.1, -0.05) is 17.3 Å². The maximum Gasteiger partial charge on any atom is 0.273 e. The molecule has 0 saturated carbocycles. The molecule has 0 bridgehead atoms. The average Bonchev–Trinajstić information content (AvgIpc) is 3.09. The van der Waals surface area contributed by atoms with Crippen molar-refractivity contribution in [2.45, 2.75) is 20.0 Å². The van der Waals surface area contributed by atoms with E-state index in [1.54, 1.807) is 6.92 Å². The van der Waals surface area contributed by atoms with Crippen LogP contribution in [0.3, 0.4) is 0 Å². The lowest BCUT2D eigenvalue weighted by Crippen LogP contribution is -2.27. The average molecular weight is 301 g/mol. The number of carbonyl (C=O) groups excluding carboxylic acids is 1. The molecule has 0 radical (unpaired) electrons. The summed E-state index contributed by atoms with van der Waals surface area (Å²) in [5, 5.41) is 15.6. The summed E-state index contributed by atoms with van der Waals surface area (Å²) >= 11 is 0. The lowest BCUT2D eigenvalue weighted by atomic mass is 10.2. The van der Waals surface area contributed by atoms with Crippen molar-refractivity contribution in [1.29, 1.82) is 0 Å². The van der Waals surface area contributed by atoms with E-state index in [9.17, 15) is 9.90 Å². The highest BCUT2D eigenvalue weighted by Gasteiger charge is 2.18. The fourth-order valence-electron chi connectivity index (χ4n) is 2.15. The highest BCUT2D eigenvalue weighted by molar-refractivity contribution is 5.93. The van der Waals surface area contributed by atoms with Gasteiger partial charge in [-0.25, -0.2) is 4.98 Å². The first-order chi connectivity index (χ1) is 10.7. The molecule has 0 aliphatic carbocycles. The molecule has 0 spiro atoms. The molecule has 2 N–H and O–H groups in total. The number of aliphatic hydroxyl groups is 1. The Morgan fingerprint density at radius 1 is 1.36 bits per heavy atom. The largest absolute Gasteiger partial charge is 0.441 e. The number of carbonyl (C=O) groups is 1. The lowest BCUT2D eigenvalue weighted by molar-refractivity contribution is 0.0942. The van der Waals surface area contributed by atoms with Crippen LogP contribution in [0.4, 0.5) is 0 Å². The van der Waals surface area contributed by atoms with Crippen molar-refractivity contribution in [3.8, 4) is 0 Å². The minimum absolute atomic E-state index is 0.109. The Morgan fingerprint density at radius 3 is 2.95 bits per heavy atom. The Kier molecular flexibility index (Phi) is 3.88. The number of nitrogens with one attached hydrogen (secondary N) is 1. The molecule has 0 fully saturated rings. The van der Waals surface area contributed by atoms with Crippen molar-refractivity contribution in [1.82, 2.24) is 15.5 Å². The molecule has 114 valence electrons. The number of aromatic nitrogens is 2. The maximum absolute atomic E-state index is 12.0. The molecule has 0 atom stereocenters. The Morgan fingerprint density at radius 2 is 2.18 bits per heavy atom. The Labute approximate surface area is 125 Å². The third-order valence-electron chi connectivity index (χ3n) is 3.32. The van der Waals surface area contributed by atoms with Crippen LogP contribution < -0.4 is 5.32 Å². The van der Waals surface area contributed by atoms with Crippen LogP contribution in [0.25, 0.3) is 11.1 Å². The number of oxazole rings is 1. The highest BCUT2D eigenvalue weighted by Crippen LogP contribution is 2.15. The standard InChI is InChI=1S/C15H15N3O4/c1-9-10(8-19)14(18-22-9)15(20)16-7-6-13-17-11-4-2-3-5-12(11)21-13/h2-5,19H,6-8H2,1H3,(H,16,20). The first-order valence-corrected chi connectivity index (χ1v) is 6.87. The molecule has 22 heavy (non-hydrogen) atoms. The Balaban J connectivity index is 1.61. The van der Waals surface area contributed by atoms with Gasteiger partial charge in [0, 0.05) is 13.0 Å². The number of amides is 1. The van der Waals surface area contributed by atoms with E-state index >= 15 is 0 Å². The van der Waals surface area contributed by atoms with Crippen molar-refractivity contribution in [3.63, 3.8) is 0 Å². The van der Waals surface area contributed by atoms with Gasteiger partial charge in [0.05, 0.1) is 12.2 Å². The van der Waals surface area contributed by atoms with Crippen LogP contribution in [-0.4, -0.2) is 27.7 Å². The predicted octanol–water partition coefficient (Wildman–Crippen LogP) is 1.59. The number of fused-ring (bicyclic) bond motifs is 1. The van der Waals surface area contributed by atoms with Gasteiger partial charge in [-0.05, 0) is 19.1 Å². The first-order valence-electron chi connectivity index (χ1n) is 6.87. The molecule has 7 nitrogen and oxygen atoms in total.